The molecule has 1 aromatic heterocycles. The summed E-state index contributed by atoms with van der Waals surface area (Å²) >= 11 is 5.92. The van der Waals surface area contributed by atoms with Crippen LogP contribution in [0.15, 0.2) is 45.6 Å². The molecule has 3 rings (SSSR count). The minimum Gasteiger partial charge on any atom is -0.482 e. The Morgan fingerprint density at radius 3 is 2.55 bits per heavy atom. The summed E-state index contributed by atoms with van der Waals surface area (Å²) in [5.41, 5.74) is 3.64. The van der Waals surface area contributed by atoms with Crippen LogP contribution >= 0.6 is 11.6 Å². The molecule has 3 aromatic rings. The second kappa shape index (κ2) is 8.70. The maximum atomic E-state index is 12.1. The van der Waals surface area contributed by atoms with Crippen LogP contribution in [0.25, 0.3) is 11.0 Å². The first kappa shape index (κ1) is 20.9. The van der Waals surface area contributed by atoms with Crippen LogP contribution in [0.3, 0.4) is 0 Å². The highest BCUT2D eigenvalue weighted by molar-refractivity contribution is 6.30. The van der Waals surface area contributed by atoms with E-state index in [9.17, 15) is 9.59 Å². The van der Waals surface area contributed by atoms with Gasteiger partial charge in [-0.15, -0.1) is 0 Å². The Morgan fingerprint density at radius 2 is 1.86 bits per heavy atom. The van der Waals surface area contributed by atoms with Crippen LogP contribution in [0, 0.1) is 13.8 Å². The van der Waals surface area contributed by atoms with Crippen molar-refractivity contribution in [3.63, 3.8) is 0 Å². The maximum Gasteiger partial charge on any atom is 0.344 e. The van der Waals surface area contributed by atoms with Gasteiger partial charge in [-0.1, -0.05) is 25.4 Å². The highest BCUT2D eigenvalue weighted by Gasteiger charge is 2.13. The molecule has 0 saturated carbocycles. The lowest BCUT2D eigenvalue weighted by molar-refractivity contribution is -0.147. The first-order valence-electron chi connectivity index (χ1n) is 9.36. The Balaban J connectivity index is 1.74. The molecule has 0 bridgehead atoms. The van der Waals surface area contributed by atoms with Gasteiger partial charge in [0.05, 0.1) is 0 Å². The number of ether oxygens (including phenoxy) is 2. The standard InChI is InChI=1S/C23H23ClO5/c1-13(2)18-10-19-16(9-22(25)29-21(19)8-14(18)3)11-28-23(26)12-27-20-6-5-17(24)7-15(20)4/h5-10,13H,11-12H2,1-4H3. The van der Waals surface area contributed by atoms with E-state index < -0.39 is 11.6 Å². The summed E-state index contributed by atoms with van der Waals surface area (Å²) in [6.07, 6.45) is 0. The fraction of sp³-hybridized carbons (Fsp3) is 0.304. The predicted molar refractivity (Wildman–Crippen MR) is 113 cm³/mol. The Morgan fingerprint density at radius 1 is 1.10 bits per heavy atom. The van der Waals surface area contributed by atoms with E-state index in [1.165, 1.54) is 6.07 Å². The summed E-state index contributed by atoms with van der Waals surface area (Å²) in [6, 6.07) is 10.4. The molecule has 6 heteroatoms. The maximum absolute atomic E-state index is 12.1. The molecular weight excluding hydrogens is 392 g/mol. The highest BCUT2D eigenvalue weighted by Crippen LogP contribution is 2.27. The van der Waals surface area contributed by atoms with Gasteiger partial charge in [0.15, 0.2) is 6.61 Å². The zero-order valence-corrected chi connectivity index (χ0v) is 17.6. The first-order valence-corrected chi connectivity index (χ1v) is 9.74. The molecule has 0 fully saturated rings. The van der Waals surface area contributed by atoms with Gasteiger partial charge in [0, 0.05) is 22.0 Å². The van der Waals surface area contributed by atoms with Crippen LogP contribution in [0.1, 0.15) is 42.0 Å². The minimum absolute atomic E-state index is 0.0372. The third-order valence-electron chi connectivity index (χ3n) is 4.71. The smallest absolute Gasteiger partial charge is 0.344 e. The summed E-state index contributed by atoms with van der Waals surface area (Å²) in [4.78, 5) is 24.1. The molecule has 0 spiro atoms. The van der Waals surface area contributed by atoms with Gasteiger partial charge >= 0.3 is 11.6 Å². The van der Waals surface area contributed by atoms with Crippen LogP contribution in [0.5, 0.6) is 5.75 Å². The van der Waals surface area contributed by atoms with Crippen molar-refractivity contribution in [2.45, 2.75) is 40.2 Å². The van der Waals surface area contributed by atoms with Gasteiger partial charge in [-0.3, -0.25) is 0 Å². The first-order chi connectivity index (χ1) is 13.7. The van der Waals surface area contributed by atoms with Crippen LogP contribution in [0.4, 0.5) is 0 Å². The second-order valence-electron chi connectivity index (χ2n) is 7.31. The third-order valence-corrected chi connectivity index (χ3v) is 4.95. The van der Waals surface area contributed by atoms with Crippen molar-refractivity contribution in [2.24, 2.45) is 0 Å². The Kier molecular flexibility index (Phi) is 6.28. The number of hydrogen-bond donors (Lipinski definition) is 0. The molecule has 0 amide bonds. The fourth-order valence-corrected chi connectivity index (χ4v) is 3.47. The zero-order chi connectivity index (χ0) is 21.1. The van der Waals surface area contributed by atoms with Gasteiger partial charge < -0.3 is 13.9 Å². The number of fused-ring (bicyclic) bond motifs is 1. The van der Waals surface area contributed by atoms with Crippen LogP contribution in [-0.4, -0.2) is 12.6 Å². The number of aryl methyl sites for hydroxylation is 2. The van der Waals surface area contributed by atoms with E-state index in [2.05, 4.69) is 13.8 Å². The van der Waals surface area contributed by atoms with Gasteiger partial charge in [0.1, 0.15) is 17.9 Å². The molecule has 0 radical (unpaired) electrons. The molecule has 0 atom stereocenters. The number of hydrogen-bond acceptors (Lipinski definition) is 5. The number of esters is 1. The summed E-state index contributed by atoms with van der Waals surface area (Å²) in [6.45, 7) is 7.75. The topological polar surface area (TPSA) is 65.7 Å². The lowest BCUT2D eigenvalue weighted by Crippen LogP contribution is -2.16. The van der Waals surface area contributed by atoms with E-state index in [1.807, 2.05) is 26.0 Å². The van der Waals surface area contributed by atoms with E-state index in [0.29, 0.717) is 27.8 Å². The van der Waals surface area contributed by atoms with Crippen molar-refractivity contribution in [2.75, 3.05) is 6.61 Å². The van der Waals surface area contributed by atoms with Gasteiger partial charge in [-0.2, -0.15) is 0 Å². The fourth-order valence-electron chi connectivity index (χ4n) is 3.24. The molecule has 0 unspecified atom stereocenters. The van der Waals surface area contributed by atoms with Gasteiger partial charge in [-0.05, 0) is 66.8 Å². The van der Waals surface area contributed by atoms with Crippen LogP contribution in [0.2, 0.25) is 5.02 Å². The van der Waals surface area contributed by atoms with Crippen molar-refractivity contribution in [3.05, 3.63) is 74.1 Å². The molecule has 0 aliphatic heterocycles. The quantitative estimate of drug-likeness (QED) is 0.404. The summed E-state index contributed by atoms with van der Waals surface area (Å²) in [7, 11) is 0. The molecule has 0 N–H and O–H groups in total. The van der Waals surface area contributed by atoms with Gasteiger partial charge in [-0.25, -0.2) is 9.59 Å². The predicted octanol–water partition coefficient (Wildman–Crippen LogP) is 5.31. The van der Waals surface area contributed by atoms with E-state index in [1.54, 1.807) is 18.2 Å². The minimum atomic E-state index is -0.531. The van der Waals surface area contributed by atoms with E-state index in [4.69, 9.17) is 25.5 Å². The second-order valence-corrected chi connectivity index (χ2v) is 7.75. The SMILES string of the molecule is Cc1cc(Cl)ccc1OCC(=O)OCc1cc(=O)oc2cc(C)c(C(C)C)cc12. The van der Waals surface area contributed by atoms with Crippen molar-refractivity contribution in [1.82, 2.24) is 0 Å². The number of benzene rings is 2. The lowest BCUT2D eigenvalue weighted by Gasteiger charge is -2.13. The van der Waals surface area contributed by atoms with Crippen molar-refractivity contribution in [3.8, 4) is 5.75 Å². The summed E-state index contributed by atoms with van der Waals surface area (Å²) in [5, 5.41) is 1.37. The Hall–Kier alpha value is -2.79. The molecule has 152 valence electrons. The molecule has 29 heavy (non-hydrogen) atoms. The highest BCUT2D eigenvalue weighted by atomic mass is 35.5. The van der Waals surface area contributed by atoms with E-state index >= 15 is 0 Å². The average molecular weight is 415 g/mol. The zero-order valence-electron chi connectivity index (χ0n) is 16.9. The Bertz CT molecular complexity index is 1110. The number of halogens is 1. The summed E-state index contributed by atoms with van der Waals surface area (Å²) < 4.78 is 16.2. The van der Waals surface area contributed by atoms with E-state index in [-0.39, 0.29) is 13.2 Å². The normalized spacial score (nSPS) is 11.1. The lowest BCUT2D eigenvalue weighted by atomic mass is 9.95. The molecule has 2 aromatic carbocycles. The molecular formula is C23H23ClO5. The number of rotatable bonds is 6. The van der Waals surface area contributed by atoms with Crippen molar-refractivity contribution in [1.29, 1.82) is 0 Å². The van der Waals surface area contributed by atoms with Crippen molar-refractivity contribution >= 4 is 28.5 Å². The molecule has 0 aliphatic carbocycles. The molecule has 0 aliphatic rings. The largest absolute Gasteiger partial charge is 0.482 e. The van der Waals surface area contributed by atoms with E-state index in [0.717, 1.165) is 22.1 Å². The molecule has 5 nitrogen and oxygen atoms in total. The number of carbonyl (C=O) groups is 1. The Labute approximate surface area is 174 Å². The molecule has 1 heterocycles. The number of carbonyl (C=O) groups excluding carboxylic acids is 1. The monoisotopic (exact) mass is 414 g/mol. The van der Waals surface area contributed by atoms with Crippen molar-refractivity contribution < 1.29 is 18.7 Å². The third kappa shape index (κ3) is 4.98. The molecule has 0 saturated heterocycles. The van der Waals surface area contributed by atoms with Crippen LogP contribution in [-0.2, 0) is 16.1 Å². The van der Waals surface area contributed by atoms with Gasteiger partial charge in [0.2, 0.25) is 0 Å². The van der Waals surface area contributed by atoms with Gasteiger partial charge in [0.25, 0.3) is 0 Å². The average Bonchev–Trinajstić information content (AvgIpc) is 2.64. The summed E-state index contributed by atoms with van der Waals surface area (Å²) in [5.74, 6) is 0.351. The van der Waals surface area contributed by atoms with Crippen LogP contribution < -0.4 is 10.4 Å².